The Labute approximate surface area is 76.1 Å². The molecule has 0 saturated heterocycles. The van der Waals surface area contributed by atoms with Gasteiger partial charge in [-0.2, -0.15) is 0 Å². The molecule has 1 nitrogen and oxygen atoms in total. The van der Waals surface area contributed by atoms with E-state index in [-0.39, 0.29) is 12.4 Å². The van der Waals surface area contributed by atoms with Crippen LogP contribution in [0, 0.1) is 11.8 Å². The summed E-state index contributed by atoms with van der Waals surface area (Å²) >= 11 is 0. The van der Waals surface area contributed by atoms with E-state index < -0.39 is 0 Å². The van der Waals surface area contributed by atoms with Crippen molar-refractivity contribution in [1.82, 2.24) is 0 Å². The van der Waals surface area contributed by atoms with Crippen molar-refractivity contribution >= 4 is 12.4 Å². The van der Waals surface area contributed by atoms with Crippen molar-refractivity contribution in [2.24, 2.45) is 17.6 Å². The van der Waals surface area contributed by atoms with E-state index >= 15 is 0 Å². The molecule has 11 heavy (non-hydrogen) atoms. The highest BCUT2D eigenvalue weighted by molar-refractivity contribution is 5.85. The van der Waals surface area contributed by atoms with Gasteiger partial charge in [0, 0.05) is 6.04 Å². The van der Waals surface area contributed by atoms with E-state index in [1.807, 2.05) is 0 Å². The van der Waals surface area contributed by atoms with Gasteiger partial charge in [0.2, 0.25) is 0 Å². The summed E-state index contributed by atoms with van der Waals surface area (Å²) in [6.07, 6.45) is 5.23. The maximum atomic E-state index is 5.80. The van der Waals surface area contributed by atoms with E-state index in [9.17, 15) is 0 Å². The Morgan fingerprint density at radius 2 is 1.55 bits per heavy atom. The SMILES string of the molecule is CC(C)[C@H]1CC[C@H](N)CC1.Cl. The summed E-state index contributed by atoms with van der Waals surface area (Å²) in [7, 11) is 0. The van der Waals surface area contributed by atoms with Gasteiger partial charge in [-0.05, 0) is 37.5 Å². The molecular formula is C9H20ClN. The van der Waals surface area contributed by atoms with Crippen molar-refractivity contribution < 1.29 is 0 Å². The standard InChI is InChI=1S/C9H19N.ClH/c1-7(2)8-3-5-9(10)6-4-8;/h7-9H,3-6,10H2,1-2H3;1H/t8-,9-;. The molecule has 0 bridgehead atoms. The molecule has 2 heteroatoms. The van der Waals surface area contributed by atoms with Gasteiger partial charge >= 0.3 is 0 Å². The zero-order valence-corrected chi connectivity index (χ0v) is 8.36. The topological polar surface area (TPSA) is 26.0 Å². The predicted molar refractivity (Wildman–Crippen MR) is 52.0 cm³/mol. The fourth-order valence-electron chi connectivity index (χ4n) is 1.81. The van der Waals surface area contributed by atoms with Crippen molar-refractivity contribution in [2.45, 2.75) is 45.6 Å². The summed E-state index contributed by atoms with van der Waals surface area (Å²) in [5.74, 6) is 1.83. The average Bonchev–Trinajstić information content (AvgIpc) is 1.88. The predicted octanol–water partition coefficient (Wildman–Crippen LogP) is 2.58. The van der Waals surface area contributed by atoms with Crippen LogP contribution in [0.4, 0.5) is 0 Å². The van der Waals surface area contributed by atoms with Crippen molar-refractivity contribution in [3.05, 3.63) is 0 Å². The van der Waals surface area contributed by atoms with E-state index in [2.05, 4.69) is 13.8 Å². The van der Waals surface area contributed by atoms with Crippen LogP contribution < -0.4 is 5.73 Å². The Kier molecular flexibility index (Phi) is 5.11. The first-order valence-electron chi connectivity index (χ1n) is 4.45. The van der Waals surface area contributed by atoms with E-state index in [1.165, 1.54) is 25.7 Å². The Morgan fingerprint density at radius 3 is 1.91 bits per heavy atom. The first-order chi connectivity index (χ1) is 4.70. The van der Waals surface area contributed by atoms with Crippen molar-refractivity contribution in [2.75, 3.05) is 0 Å². The summed E-state index contributed by atoms with van der Waals surface area (Å²) in [6, 6.07) is 0.509. The highest BCUT2D eigenvalue weighted by Gasteiger charge is 2.20. The first-order valence-corrected chi connectivity index (χ1v) is 4.45. The molecule has 0 radical (unpaired) electrons. The average molecular weight is 178 g/mol. The maximum absolute atomic E-state index is 5.80. The lowest BCUT2D eigenvalue weighted by atomic mass is 9.80. The van der Waals surface area contributed by atoms with Crippen molar-refractivity contribution in [1.29, 1.82) is 0 Å². The number of halogens is 1. The molecule has 1 aliphatic rings. The Balaban J connectivity index is 0.000001000. The fourth-order valence-corrected chi connectivity index (χ4v) is 1.81. The minimum Gasteiger partial charge on any atom is -0.328 e. The Hall–Kier alpha value is 0.250. The van der Waals surface area contributed by atoms with E-state index in [0.29, 0.717) is 6.04 Å². The molecule has 0 aromatic heterocycles. The van der Waals surface area contributed by atoms with Gasteiger partial charge in [0.25, 0.3) is 0 Å². The molecule has 68 valence electrons. The number of hydrogen-bond donors (Lipinski definition) is 1. The smallest absolute Gasteiger partial charge is 0.00390 e. The van der Waals surface area contributed by atoms with Crippen LogP contribution in [-0.2, 0) is 0 Å². The van der Waals surface area contributed by atoms with E-state index in [0.717, 1.165) is 11.8 Å². The number of hydrogen-bond acceptors (Lipinski definition) is 1. The van der Waals surface area contributed by atoms with Gasteiger partial charge in [0.15, 0.2) is 0 Å². The maximum Gasteiger partial charge on any atom is 0.00390 e. The van der Waals surface area contributed by atoms with Crippen molar-refractivity contribution in [3.8, 4) is 0 Å². The zero-order chi connectivity index (χ0) is 7.56. The van der Waals surface area contributed by atoms with Gasteiger partial charge in [-0.15, -0.1) is 12.4 Å². The van der Waals surface area contributed by atoms with E-state index in [1.54, 1.807) is 0 Å². The molecule has 1 aliphatic carbocycles. The van der Waals surface area contributed by atoms with Crippen LogP contribution in [0.5, 0.6) is 0 Å². The van der Waals surface area contributed by atoms with Gasteiger partial charge in [0.1, 0.15) is 0 Å². The van der Waals surface area contributed by atoms with E-state index in [4.69, 9.17) is 5.73 Å². The Morgan fingerprint density at radius 1 is 1.09 bits per heavy atom. The zero-order valence-electron chi connectivity index (χ0n) is 7.55. The monoisotopic (exact) mass is 177 g/mol. The molecule has 0 aromatic carbocycles. The molecule has 0 spiro atoms. The third-order valence-electron chi connectivity index (χ3n) is 2.76. The minimum absolute atomic E-state index is 0. The van der Waals surface area contributed by atoms with Gasteiger partial charge in [-0.1, -0.05) is 13.8 Å². The number of nitrogens with two attached hydrogens (primary N) is 1. The second-order valence-electron chi connectivity index (χ2n) is 3.92. The molecule has 1 saturated carbocycles. The lowest BCUT2D eigenvalue weighted by Gasteiger charge is -2.28. The van der Waals surface area contributed by atoms with Crippen LogP contribution in [0.2, 0.25) is 0 Å². The minimum atomic E-state index is 0. The normalized spacial score (nSPS) is 31.6. The summed E-state index contributed by atoms with van der Waals surface area (Å²) in [5, 5.41) is 0. The van der Waals surface area contributed by atoms with Gasteiger partial charge in [-0.3, -0.25) is 0 Å². The van der Waals surface area contributed by atoms with Crippen molar-refractivity contribution in [3.63, 3.8) is 0 Å². The third-order valence-corrected chi connectivity index (χ3v) is 2.76. The molecule has 0 atom stereocenters. The van der Waals surface area contributed by atoms with Gasteiger partial charge < -0.3 is 5.73 Å². The molecule has 0 heterocycles. The third kappa shape index (κ3) is 3.44. The molecule has 0 aliphatic heterocycles. The van der Waals surface area contributed by atoms with Gasteiger partial charge in [0.05, 0.1) is 0 Å². The van der Waals surface area contributed by atoms with Crippen LogP contribution in [0.15, 0.2) is 0 Å². The second-order valence-corrected chi connectivity index (χ2v) is 3.92. The molecule has 0 unspecified atom stereocenters. The quantitative estimate of drug-likeness (QED) is 0.655. The fraction of sp³-hybridized carbons (Fsp3) is 1.00. The van der Waals surface area contributed by atoms with Crippen LogP contribution in [0.1, 0.15) is 39.5 Å². The van der Waals surface area contributed by atoms with Crippen LogP contribution >= 0.6 is 12.4 Å². The van der Waals surface area contributed by atoms with Crippen LogP contribution in [-0.4, -0.2) is 6.04 Å². The highest BCUT2D eigenvalue weighted by Crippen LogP contribution is 2.28. The number of rotatable bonds is 1. The molecule has 0 aromatic rings. The summed E-state index contributed by atoms with van der Waals surface area (Å²) < 4.78 is 0. The van der Waals surface area contributed by atoms with Gasteiger partial charge in [-0.25, -0.2) is 0 Å². The highest BCUT2D eigenvalue weighted by atomic mass is 35.5. The molecule has 1 rings (SSSR count). The summed E-state index contributed by atoms with van der Waals surface area (Å²) in [4.78, 5) is 0. The molecule has 1 fully saturated rings. The molecular weight excluding hydrogens is 158 g/mol. The lowest BCUT2D eigenvalue weighted by molar-refractivity contribution is 0.259. The Bertz CT molecular complexity index is 95.7. The lowest BCUT2D eigenvalue weighted by Crippen LogP contribution is -2.28. The summed E-state index contributed by atoms with van der Waals surface area (Å²) in [6.45, 7) is 4.64. The molecule has 0 amide bonds. The summed E-state index contributed by atoms with van der Waals surface area (Å²) in [5.41, 5.74) is 5.80. The first kappa shape index (κ1) is 11.2. The molecule has 2 N–H and O–H groups in total. The second kappa shape index (κ2) is 5.00. The van der Waals surface area contributed by atoms with Crippen LogP contribution in [0.3, 0.4) is 0 Å². The van der Waals surface area contributed by atoms with Crippen LogP contribution in [0.25, 0.3) is 0 Å². The largest absolute Gasteiger partial charge is 0.328 e.